The van der Waals surface area contributed by atoms with Gasteiger partial charge in [0.05, 0.1) is 0 Å². The SMILES string of the molecule is C#CCC(N)c1ccccc1CC. The number of aryl methyl sites for hydroxylation is 1. The van der Waals surface area contributed by atoms with Crippen molar-refractivity contribution in [2.45, 2.75) is 25.8 Å². The summed E-state index contributed by atoms with van der Waals surface area (Å²) in [5, 5.41) is 0. The van der Waals surface area contributed by atoms with Gasteiger partial charge in [-0.2, -0.15) is 0 Å². The molecule has 1 unspecified atom stereocenters. The van der Waals surface area contributed by atoms with E-state index in [9.17, 15) is 0 Å². The molecular formula is C12H15N. The molecule has 1 nitrogen and oxygen atoms in total. The molecule has 0 heterocycles. The fraction of sp³-hybridized carbons (Fsp3) is 0.333. The Morgan fingerprint density at radius 2 is 2.15 bits per heavy atom. The second-order valence-corrected chi connectivity index (χ2v) is 3.07. The lowest BCUT2D eigenvalue weighted by Crippen LogP contribution is -2.11. The molecular weight excluding hydrogens is 158 g/mol. The summed E-state index contributed by atoms with van der Waals surface area (Å²) in [4.78, 5) is 0. The van der Waals surface area contributed by atoms with Gasteiger partial charge in [-0.1, -0.05) is 31.2 Å². The third kappa shape index (κ3) is 2.34. The molecule has 68 valence electrons. The highest BCUT2D eigenvalue weighted by molar-refractivity contribution is 5.30. The van der Waals surface area contributed by atoms with Gasteiger partial charge in [-0.15, -0.1) is 12.3 Å². The Morgan fingerprint density at radius 1 is 1.46 bits per heavy atom. The standard InChI is InChI=1S/C12H15N/c1-3-7-12(13)11-9-6-5-8-10(11)4-2/h1,5-6,8-9,12H,4,7,13H2,2H3. The zero-order valence-corrected chi connectivity index (χ0v) is 7.96. The van der Waals surface area contributed by atoms with Gasteiger partial charge in [-0.25, -0.2) is 0 Å². The molecule has 0 amide bonds. The minimum atomic E-state index is -0.0128. The summed E-state index contributed by atoms with van der Waals surface area (Å²) in [7, 11) is 0. The summed E-state index contributed by atoms with van der Waals surface area (Å²) < 4.78 is 0. The highest BCUT2D eigenvalue weighted by atomic mass is 14.6. The lowest BCUT2D eigenvalue weighted by Gasteiger charge is -2.12. The van der Waals surface area contributed by atoms with Crippen molar-refractivity contribution in [2.75, 3.05) is 0 Å². The first-order valence-corrected chi connectivity index (χ1v) is 4.56. The molecule has 0 aliphatic heterocycles. The summed E-state index contributed by atoms with van der Waals surface area (Å²) >= 11 is 0. The van der Waals surface area contributed by atoms with Gasteiger partial charge in [0.2, 0.25) is 0 Å². The highest BCUT2D eigenvalue weighted by Crippen LogP contribution is 2.18. The monoisotopic (exact) mass is 173 g/mol. The molecule has 0 aromatic heterocycles. The molecule has 1 rings (SSSR count). The van der Waals surface area contributed by atoms with Crippen LogP contribution >= 0.6 is 0 Å². The van der Waals surface area contributed by atoms with Crippen LogP contribution in [0, 0.1) is 12.3 Å². The van der Waals surface area contributed by atoms with Crippen LogP contribution in [-0.2, 0) is 6.42 Å². The first kappa shape index (κ1) is 9.83. The van der Waals surface area contributed by atoms with Crippen molar-refractivity contribution in [3.05, 3.63) is 35.4 Å². The third-order valence-corrected chi connectivity index (χ3v) is 2.17. The number of rotatable bonds is 3. The molecule has 0 spiro atoms. The van der Waals surface area contributed by atoms with Crippen LogP contribution in [0.2, 0.25) is 0 Å². The van der Waals surface area contributed by atoms with Crippen LogP contribution in [0.4, 0.5) is 0 Å². The molecule has 2 N–H and O–H groups in total. The minimum absolute atomic E-state index is 0.0128. The molecule has 0 saturated carbocycles. The van der Waals surface area contributed by atoms with Gasteiger partial charge in [0.25, 0.3) is 0 Å². The van der Waals surface area contributed by atoms with Crippen LogP contribution in [0.1, 0.15) is 30.5 Å². The van der Waals surface area contributed by atoms with Gasteiger partial charge in [-0.3, -0.25) is 0 Å². The van der Waals surface area contributed by atoms with E-state index in [2.05, 4.69) is 25.0 Å². The van der Waals surface area contributed by atoms with Gasteiger partial charge in [0, 0.05) is 12.5 Å². The summed E-state index contributed by atoms with van der Waals surface area (Å²) in [5.41, 5.74) is 8.42. The van der Waals surface area contributed by atoms with Crippen LogP contribution in [0.3, 0.4) is 0 Å². The maximum absolute atomic E-state index is 5.94. The number of hydrogen-bond acceptors (Lipinski definition) is 1. The molecule has 1 aromatic carbocycles. The normalized spacial score (nSPS) is 12.1. The largest absolute Gasteiger partial charge is 0.323 e. The summed E-state index contributed by atoms with van der Waals surface area (Å²) in [6.07, 6.45) is 6.84. The first-order valence-electron chi connectivity index (χ1n) is 4.56. The molecule has 13 heavy (non-hydrogen) atoms. The van der Waals surface area contributed by atoms with E-state index >= 15 is 0 Å². The lowest BCUT2D eigenvalue weighted by atomic mass is 9.97. The zero-order chi connectivity index (χ0) is 9.68. The molecule has 1 atom stereocenters. The molecule has 0 saturated heterocycles. The lowest BCUT2D eigenvalue weighted by molar-refractivity contribution is 0.742. The van der Waals surface area contributed by atoms with E-state index in [0.29, 0.717) is 6.42 Å². The second kappa shape index (κ2) is 4.69. The van der Waals surface area contributed by atoms with Gasteiger partial charge in [-0.05, 0) is 17.5 Å². The van der Waals surface area contributed by atoms with Crippen LogP contribution < -0.4 is 5.73 Å². The maximum Gasteiger partial charge on any atom is 0.0408 e. The van der Waals surface area contributed by atoms with Gasteiger partial charge in [0.15, 0.2) is 0 Å². The van der Waals surface area contributed by atoms with Crippen LogP contribution in [-0.4, -0.2) is 0 Å². The van der Waals surface area contributed by atoms with Crippen molar-refractivity contribution in [1.29, 1.82) is 0 Å². The molecule has 1 aromatic rings. The predicted molar refractivity (Wildman–Crippen MR) is 56.2 cm³/mol. The van der Waals surface area contributed by atoms with E-state index < -0.39 is 0 Å². The van der Waals surface area contributed by atoms with E-state index in [1.807, 2.05) is 12.1 Å². The fourth-order valence-corrected chi connectivity index (χ4v) is 1.45. The van der Waals surface area contributed by atoms with Crippen molar-refractivity contribution in [3.63, 3.8) is 0 Å². The Labute approximate surface area is 80.0 Å². The van der Waals surface area contributed by atoms with E-state index in [1.165, 1.54) is 11.1 Å². The summed E-state index contributed by atoms with van der Waals surface area (Å²) in [6, 6.07) is 8.18. The van der Waals surface area contributed by atoms with Crippen molar-refractivity contribution in [3.8, 4) is 12.3 Å². The second-order valence-electron chi connectivity index (χ2n) is 3.07. The molecule has 1 heteroatoms. The van der Waals surface area contributed by atoms with Gasteiger partial charge >= 0.3 is 0 Å². The van der Waals surface area contributed by atoms with Gasteiger partial charge < -0.3 is 5.73 Å². The molecule has 0 aliphatic carbocycles. The minimum Gasteiger partial charge on any atom is -0.323 e. The maximum atomic E-state index is 5.94. The number of hydrogen-bond donors (Lipinski definition) is 1. The third-order valence-electron chi connectivity index (χ3n) is 2.17. The van der Waals surface area contributed by atoms with Crippen molar-refractivity contribution in [1.82, 2.24) is 0 Å². The number of nitrogens with two attached hydrogens (primary N) is 1. The average molecular weight is 173 g/mol. The highest BCUT2D eigenvalue weighted by Gasteiger charge is 2.07. The van der Waals surface area contributed by atoms with Crippen LogP contribution in [0.15, 0.2) is 24.3 Å². The Hall–Kier alpha value is -1.26. The Bertz CT molecular complexity index is 309. The van der Waals surface area contributed by atoms with E-state index in [4.69, 9.17) is 12.2 Å². The summed E-state index contributed by atoms with van der Waals surface area (Å²) in [6.45, 7) is 2.13. The Morgan fingerprint density at radius 3 is 2.77 bits per heavy atom. The molecule has 0 fully saturated rings. The van der Waals surface area contributed by atoms with E-state index in [1.54, 1.807) is 0 Å². The molecule has 0 aliphatic rings. The first-order chi connectivity index (χ1) is 6.29. The quantitative estimate of drug-likeness (QED) is 0.697. The van der Waals surface area contributed by atoms with Crippen molar-refractivity contribution in [2.24, 2.45) is 5.73 Å². The van der Waals surface area contributed by atoms with Crippen LogP contribution in [0.5, 0.6) is 0 Å². The van der Waals surface area contributed by atoms with Crippen molar-refractivity contribution >= 4 is 0 Å². The Kier molecular flexibility index (Phi) is 3.54. The van der Waals surface area contributed by atoms with E-state index in [-0.39, 0.29) is 6.04 Å². The van der Waals surface area contributed by atoms with Crippen molar-refractivity contribution < 1.29 is 0 Å². The average Bonchev–Trinajstić information content (AvgIpc) is 2.18. The predicted octanol–water partition coefficient (Wildman–Crippen LogP) is 2.27. The van der Waals surface area contributed by atoms with E-state index in [0.717, 1.165) is 6.42 Å². The molecule has 0 bridgehead atoms. The number of terminal acetylenes is 1. The number of benzene rings is 1. The smallest absolute Gasteiger partial charge is 0.0408 e. The van der Waals surface area contributed by atoms with Crippen LogP contribution in [0.25, 0.3) is 0 Å². The fourth-order valence-electron chi connectivity index (χ4n) is 1.45. The van der Waals surface area contributed by atoms with Gasteiger partial charge in [0.1, 0.15) is 0 Å². The molecule has 0 radical (unpaired) electrons. The topological polar surface area (TPSA) is 26.0 Å². The Balaban J connectivity index is 2.93. The zero-order valence-electron chi connectivity index (χ0n) is 7.96. The summed E-state index contributed by atoms with van der Waals surface area (Å²) in [5.74, 6) is 2.59.